The van der Waals surface area contributed by atoms with E-state index in [2.05, 4.69) is 12.2 Å². The minimum atomic E-state index is -0.482. The third-order valence-corrected chi connectivity index (χ3v) is 3.10. The van der Waals surface area contributed by atoms with Gasteiger partial charge in [0.1, 0.15) is 0 Å². The van der Waals surface area contributed by atoms with E-state index in [9.17, 15) is 9.90 Å². The fourth-order valence-corrected chi connectivity index (χ4v) is 1.92. The second-order valence-electron chi connectivity index (χ2n) is 4.83. The lowest BCUT2D eigenvalue weighted by Gasteiger charge is -2.19. The third kappa shape index (κ3) is 5.85. The SMILES string of the molecule is CCCC[C@H](N)C(=O)N[C@H](CO)Cc1ccccc1. The number of aliphatic hydroxyl groups is 1. The highest BCUT2D eigenvalue weighted by Crippen LogP contribution is 2.04. The van der Waals surface area contributed by atoms with Crippen molar-refractivity contribution >= 4 is 5.91 Å². The molecule has 1 aromatic carbocycles. The Balaban J connectivity index is 2.45. The van der Waals surface area contributed by atoms with Crippen LogP contribution in [-0.2, 0) is 11.2 Å². The number of hydrogen-bond donors (Lipinski definition) is 3. The van der Waals surface area contributed by atoms with Crippen molar-refractivity contribution in [2.45, 2.75) is 44.7 Å². The Kier molecular flexibility index (Phi) is 7.15. The van der Waals surface area contributed by atoms with Crippen LogP contribution in [0, 0.1) is 0 Å². The minimum Gasteiger partial charge on any atom is -0.394 e. The highest BCUT2D eigenvalue weighted by atomic mass is 16.3. The molecule has 0 saturated heterocycles. The number of carbonyl (C=O) groups is 1. The summed E-state index contributed by atoms with van der Waals surface area (Å²) < 4.78 is 0. The van der Waals surface area contributed by atoms with Gasteiger partial charge in [-0.25, -0.2) is 0 Å². The molecule has 0 fully saturated rings. The number of unbranched alkanes of at least 4 members (excludes halogenated alkanes) is 1. The third-order valence-electron chi connectivity index (χ3n) is 3.10. The van der Waals surface area contributed by atoms with E-state index in [1.165, 1.54) is 0 Å². The van der Waals surface area contributed by atoms with Gasteiger partial charge in [0.25, 0.3) is 0 Å². The molecule has 2 atom stereocenters. The standard InChI is InChI=1S/C15H24N2O2/c1-2-3-9-14(16)15(19)17-13(11-18)10-12-7-5-4-6-8-12/h4-8,13-14,18H,2-3,9-11,16H2,1H3,(H,17,19)/t13-,14-/m0/s1. The lowest BCUT2D eigenvalue weighted by atomic mass is 10.1. The van der Waals surface area contributed by atoms with Crippen molar-refractivity contribution in [3.63, 3.8) is 0 Å². The van der Waals surface area contributed by atoms with Crippen LogP contribution < -0.4 is 11.1 Å². The summed E-state index contributed by atoms with van der Waals surface area (Å²) >= 11 is 0. The summed E-state index contributed by atoms with van der Waals surface area (Å²) in [7, 11) is 0. The van der Waals surface area contributed by atoms with Gasteiger partial charge in [-0.1, -0.05) is 50.1 Å². The molecule has 4 nitrogen and oxygen atoms in total. The summed E-state index contributed by atoms with van der Waals surface area (Å²) in [6.45, 7) is 1.98. The number of benzene rings is 1. The van der Waals surface area contributed by atoms with Crippen molar-refractivity contribution in [2.24, 2.45) is 5.73 Å². The van der Waals surface area contributed by atoms with Crippen molar-refractivity contribution < 1.29 is 9.90 Å². The Bertz CT molecular complexity index is 368. The van der Waals surface area contributed by atoms with Crippen molar-refractivity contribution in [3.05, 3.63) is 35.9 Å². The lowest BCUT2D eigenvalue weighted by Crippen LogP contribution is -2.47. The highest BCUT2D eigenvalue weighted by Gasteiger charge is 2.17. The van der Waals surface area contributed by atoms with E-state index >= 15 is 0 Å². The van der Waals surface area contributed by atoms with Crippen molar-refractivity contribution in [1.82, 2.24) is 5.32 Å². The Morgan fingerprint density at radius 3 is 2.63 bits per heavy atom. The lowest BCUT2D eigenvalue weighted by molar-refractivity contribution is -0.123. The summed E-state index contributed by atoms with van der Waals surface area (Å²) in [5.41, 5.74) is 6.89. The maximum absolute atomic E-state index is 11.9. The van der Waals surface area contributed by atoms with E-state index in [-0.39, 0.29) is 18.6 Å². The molecule has 0 bridgehead atoms. The molecular formula is C15H24N2O2. The van der Waals surface area contributed by atoms with E-state index in [0.717, 1.165) is 18.4 Å². The number of rotatable bonds is 8. The van der Waals surface area contributed by atoms with E-state index in [0.29, 0.717) is 12.8 Å². The molecule has 0 unspecified atom stereocenters. The number of nitrogens with one attached hydrogen (secondary N) is 1. The fraction of sp³-hybridized carbons (Fsp3) is 0.533. The van der Waals surface area contributed by atoms with Crippen LogP contribution in [0.15, 0.2) is 30.3 Å². The van der Waals surface area contributed by atoms with Gasteiger partial charge < -0.3 is 16.2 Å². The highest BCUT2D eigenvalue weighted by molar-refractivity contribution is 5.81. The average molecular weight is 264 g/mol. The van der Waals surface area contributed by atoms with Gasteiger partial charge in [-0.15, -0.1) is 0 Å². The largest absolute Gasteiger partial charge is 0.394 e. The first-order chi connectivity index (χ1) is 9.17. The Labute approximate surface area is 115 Å². The maximum atomic E-state index is 11.9. The molecule has 19 heavy (non-hydrogen) atoms. The van der Waals surface area contributed by atoms with Gasteiger partial charge in [0.15, 0.2) is 0 Å². The zero-order valence-corrected chi connectivity index (χ0v) is 11.5. The maximum Gasteiger partial charge on any atom is 0.237 e. The number of aliphatic hydroxyl groups excluding tert-OH is 1. The zero-order chi connectivity index (χ0) is 14.1. The molecule has 4 heteroatoms. The fourth-order valence-electron chi connectivity index (χ4n) is 1.92. The molecular weight excluding hydrogens is 240 g/mol. The first-order valence-corrected chi connectivity index (χ1v) is 6.88. The number of carbonyl (C=O) groups excluding carboxylic acids is 1. The molecule has 1 aromatic rings. The Morgan fingerprint density at radius 1 is 1.37 bits per heavy atom. The number of amides is 1. The first kappa shape index (κ1) is 15.7. The van der Waals surface area contributed by atoms with Crippen LogP contribution >= 0.6 is 0 Å². The minimum absolute atomic E-state index is 0.0822. The van der Waals surface area contributed by atoms with Gasteiger partial charge in [0, 0.05) is 0 Å². The van der Waals surface area contributed by atoms with Gasteiger partial charge in [0.05, 0.1) is 18.7 Å². The van der Waals surface area contributed by atoms with Crippen LogP contribution in [0.3, 0.4) is 0 Å². The zero-order valence-electron chi connectivity index (χ0n) is 11.5. The van der Waals surface area contributed by atoms with Crippen LogP contribution in [0.25, 0.3) is 0 Å². The molecule has 0 aliphatic heterocycles. The smallest absolute Gasteiger partial charge is 0.237 e. The molecule has 0 aliphatic carbocycles. The Hall–Kier alpha value is -1.39. The quantitative estimate of drug-likeness (QED) is 0.661. The van der Waals surface area contributed by atoms with Crippen molar-refractivity contribution in [2.75, 3.05) is 6.61 Å². The summed E-state index contributed by atoms with van der Waals surface area (Å²) in [4.78, 5) is 11.9. The van der Waals surface area contributed by atoms with Gasteiger partial charge in [-0.05, 0) is 18.4 Å². The van der Waals surface area contributed by atoms with Gasteiger partial charge in [-0.2, -0.15) is 0 Å². The van der Waals surface area contributed by atoms with E-state index in [1.54, 1.807) is 0 Å². The van der Waals surface area contributed by atoms with E-state index in [4.69, 9.17) is 5.73 Å². The topological polar surface area (TPSA) is 75.4 Å². The van der Waals surface area contributed by atoms with Gasteiger partial charge in [0.2, 0.25) is 5.91 Å². The van der Waals surface area contributed by atoms with E-state index < -0.39 is 6.04 Å². The summed E-state index contributed by atoms with van der Waals surface area (Å²) in [5.74, 6) is -0.177. The van der Waals surface area contributed by atoms with Crippen LogP contribution in [0.5, 0.6) is 0 Å². The molecule has 0 spiro atoms. The molecule has 0 heterocycles. The number of nitrogens with two attached hydrogens (primary N) is 1. The van der Waals surface area contributed by atoms with Gasteiger partial charge >= 0.3 is 0 Å². The van der Waals surface area contributed by atoms with E-state index in [1.807, 2.05) is 30.3 Å². The van der Waals surface area contributed by atoms with Crippen LogP contribution in [0.4, 0.5) is 0 Å². The van der Waals surface area contributed by atoms with Crippen LogP contribution in [-0.4, -0.2) is 29.7 Å². The second kappa shape index (κ2) is 8.67. The average Bonchev–Trinajstić information content (AvgIpc) is 2.44. The molecule has 1 rings (SSSR count). The van der Waals surface area contributed by atoms with Crippen molar-refractivity contribution in [3.8, 4) is 0 Å². The summed E-state index contributed by atoms with van der Waals surface area (Å²) in [6.07, 6.45) is 3.26. The molecule has 0 saturated carbocycles. The molecule has 4 N–H and O–H groups in total. The molecule has 0 aromatic heterocycles. The summed E-state index contributed by atoms with van der Waals surface area (Å²) in [6, 6.07) is 9.03. The predicted molar refractivity (Wildman–Crippen MR) is 76.7 cm³/mol. The second-order valence-corrected chi connectivity index (χ2v) is 4.83. The molecule has 0 aliphatic rings. The number of hydrogen-bond acceptors (Lipinski definition) is 3. The molecule has 106 valence electrons. The Morgan fingerprint density at radius 2 is 2.05 bits per heavy atom. The normalized spacial score (nSPS) is 13.8. The predicted octanol–water partition coefficient (Wildman–Crippen LogP) is 1.22. The first-order valence-electron chi connectivity index (χ1n) is 6.88. The van der Waals surface area contributed by atoms with Gasteiger partial charge in [-0.3, -0.25) is 4.79 Å². The van der Waals surface area contributed by atoms with Crippen molar-refractivity contribution in [1.29, 1.82) is 0 Å². The molecule has 1 amide bonds. The molecule has 0 radical (unpaired) electrons. The van der Waals surface area contributed by atoms with Crippen LogP contribution in [0.1, 0.15) is 31.7 Å². The summed E-state index contributed by atoms with van der Waals surface area (Å²) in [5, 5.41) is 12.1. The van der Waals surface area contributed by atoms with Crippen LogP contribution in [0.2, 0.25) is 0 Å². The monoisotopic (exact) mass is 264 g/mol.